The van der Waals surface area contributed by atoms with Crippen LogP contribution in [0.1, 0.15) is 26.7 Å². The van der Waals surface area contributed by atoms with E-state index < -0.39 is 0 Å². The van der Waals surface area contributed by atoms with Crippen LogP contribution < -0.4 is 5.32 Å². The van der Waals surface area contributed by atoms with E-state index in [2.05, 4.69) is 12.2 Å². The van der Waals surface area contributed by atoms with Gasteiger partial charge in [0, 0.05) is 18.0 Å². The molecule has 0 heterocycles. The lowest BCUT2D eigenvalue weighted by Crippen LogP contribution is -2.35. The molecular weight excluding hydrogens is 232 g/mol. The van der Waals surface area contributed by atoms with Crippen LogP contribution >= 0.6 is 11.9 Å². The van der Waals surface area contributed by atoms with Crippen molar-refractivity contribution >= 4 is 18.0 Å². The van der Waals surface area contributed by atoms with Crippen molar-refractivity contribution in [2.45, 2.75) is 31.6 Å². The van der Waals surface area contributed by atoms with E-state index in [0.717, 1.165) is 24.3 Å². The highest BCUT2D eigenvalue weighted by Gasteiger charge is 2.13. The maximum Gasteiger partial charge on any atom is 0.327 e. The molecule has 0 saturated carbocycles. The molecule has 1 rings (SSSR count). The SMILES string of the molecule is CCCCN(Sc1ccccc1)C(=O)NCC. The van der Waals surface area contributed by atoms with Gasteiger partial charge in [0.25, 0.3) is 0 Å². The molecule has 0 aliphatic heterocycles. The summed E-state index contributed by atoms with van der Waals surface area (Å²) in [6, 6.07) is 9.98. The summed E-state index contributed by atoms with van der Waals surface area (Å²) in [5.74, 6) is 0. The van der Waals surface area contributed by atoms with E-state index in [9.17, 15) is 4.79 Å². The van der Waals surface area contributed by atoms with Gasteiger partial charge in [-0.05, 0) is 37.4 Å². The Bertz CT molecular complexity index is 329. The molecule has 17 heavy (non-hydrogen) atoms. The van der Waals surface area contributed by atoms with Crippen LogP contribution in [0, 0.1) is 0 Å². The van der Waals surface area contributed by atoms with Gasteiger partial charge in [0.2, 0.25) is 0 Å². The van der Waals surface area contributed by atoms with Crippen molar-refractivity contribution in [3.63, 3.8) is 0 Å². The molecule has 0 spiro atoms. The van der Waals surface area contributed by atoms with Gasteiger partial charge in [-0.15, -0.1) is 0 Å². The standard InChI is InChI=1S/C13H20N2OS/c1-3-5-11-15(13(16)14-4-2)17-12-9-7-6-8-10-12/h6-10H,3-5,11H2,1-2H3,(H,14,16). The molecule has 2 amide bonds. The fraction of sp³-hybridized carbons (Fsp3) is 0.462. The lowest BCUT2D eigenvalue weighted by molar-refractivity contribution is 0.226. The Kier molecular flexibility index (Phi) is 6.55. The number of carbonyl (C=O) groups excluding carboxylic acids is 1. The van der Waals surface area contributed by atoms with Gasteiger partial charge in [0.05, 0.1) is 0 Å². The molecule has 0 bridgehead atoms. The molecule has 0 saturated heterocycles. The second-order valence-electron chi connectivity index (χ2n) is 3.70. The number of carbonyl (C=O) groups is 1. The molecule has 0 aliphatic carbocycles. The molecule has 0 radical (unpaired) electrons. The van der Waals surface area contributed by atoms with Crippen LogP contribution in [0.2, 0.25) is 0 Å². The molecule has 0 atom stereocenters. The van der Waals surface area contributed by atoms with Crippen LogP contribution in [0.4, 0.5) is 4.79 Å². The van der Waals surface area contributed by atoms with Crippen molar-refractivity contribution in [3.05, 3.63) is 30.3 Å². The Labute approximate surface area is 108 Å². The first-order valence-electron chi connectivity index (χ1n) is 6.06. The molecule has 3 nitrogen and oxygen atoms in total. The predicted molar refractivity (Wildman–Crippen MR) is 73.0 cm³/mol. The van der Waals surface area contributed by atoms with Crippen LogP contribution in [0.15, 0.2) is 35.2 Å². The summed E-state index contributed by atoms with van der Waals surface area (Å²) in [6.07, 6.45) is 2.11. The normalized spacial score (nSPS) is 10.0. The average molecular weight is 252 g/mol. The molecule has 0 fully saturated rings. The summed E-state index contributed by atoms with van der Waals surface area (Å²) in [5, 5.41) is 2.84. The van der Waals surface area contributed by atoms with E-state index in [1.54, 1.807) is 4.31 Å². The average Bonchev–Trinajstić information content (AvgIpc) is 2.36. The van der Waals surface area contributed by atoms with Crippen molar-refractivity contribution in [3.8, 4) is 0 Å². The van der Waals surface area contributed by atoms with Crippen LogP contribution in [0.5, 0.6) is 0 Å². The third-order valence-corrected chi connectivity index (χ3v) is 3.28. The molecule has 1 aromatic rings. The minimum Gasteiger partial charge on any atom is -0.338 e. The van der Waals surface area contributed by atoms with Crippen LogP contribution in [-0.2, 0) is 0 Å². The quantitative estimate of drug-likeness (QED) is 0.786. The number of rotatable bonds is 6. The number of urea groups is 1. The molecule has 0 aliphatic rings. The molecule has 1 aromatic carbocycles. The Morgan fingerprint density at radius 1 is 1.29 bits per heavy atom. The van der Waals surface area contributed by atoms with Crippen molar-refractivity contribution in [2.75, 3.05) is 13.1 Å². The lowest BCUT2D eigenvalue weighted by atomic mass is 10.3. The summed E-state index contributed by atoms with van der Waals surface area (Å²) in [7, 11) is 0. The van der Waals surface area contributed by atoms with E-state index in [0.29, 0.717) is 6.54 Å². The summed E-state index contributed by atoms with van der Waals surface area (Å²) in [4.78, 5) is 12.9. The van der Waals surface area contributed by atoms with Crippen molar-refractivity contribution in [1.82, 2.24) is 9.62 Å². The van der Waals surface area contributed by atoms with Gasteiger partial charge in [-0.2, -0.15) is 0 Å². The first-order valence-corrected chi connectivity index (χ1v) is 6.83. The highest BCUT2D eigenvalue weighted by Crippen LogP contribution is 2.22. The van der Waals surface area contributed by atoms with E-state index in [1.807, 2.05) is 37.3 Å². The Hall–Kier alpha value is -1.16. The number of amides is 2. The van der Waals surface area contributed by atoms with Crippen molar-refractivity contribution in [2.24, 2.45) is 0 Å². The second-order valence-corrected chi connectivity index (χ2v) is 4.79. The molecule has 0 unspecified atom stereocenters. The molecule has 1 N–H and O–H groups in total. The number of nitrogens with one attached hydrogen (secondary N) is 1. The van der Waals surface area contributed by atoms with Crippen molar-refractivity contribution < 1.29 is 4.79 Å². The molecular formula is C13H20N2OS. The second kappa shape index (κ2) is 8.01. The minimum atomic E-state index is -0.00481. The van der Waals surface area contributed by atoms with Crippen LogP contribution in [0.3, 0.4) is 0 Å². The van der Waals surface area contributed by atoms with Gasteiger partial charge in [0.15, 0.2) is 0 Å². The van der Waals surface area contributed by atoms with E-state index in [1.165, 1.54) is 11.9 Å². The number of benzene rings is 1. The first-order chi connectivity index (χ1) is 8.27. The molecule has 0 aromatic heterocycles. The minimum absolute atomic E-state index is 0.00481. The highest BCUT2D eigenvalue weighted by molar-refractivity contribution is 7.97. The molecule has 94 valence electrons. The Morgan fingerprint density at radius 2 is 2.00 bits per heavy atom. The largest absolute Gasteiger partial charge is 0.338 e. The number of unbranched alkanes of at least 4 members (excludes halogenated alkanes) is 1. The fourth-order valence-corrected chi connectivity index (χ4v) is 2.24. The third kappa shape index (κ3) is 5.13. The number of hydrogen-bond donors (Lipinski definition) is 1. The molecule has 4 heteroatoms. The summed E-state index contributed by atoms with van der Waals surface area (Å²) >= 11 is 1.50. The number of hydrogen-bond acceptors (Lipinski definition) is 2. The number of nitrogens with zero attached hydrogens (tertiary/aromatic N) is 1. The van der Waals surface area contributed by atoms with Crippen LogP contribution in [0.25, 0.3) is 0 Å². The maximum atomic E-state index is 11.8. The maximum absolute atomic E-state index is 11.8. The summed E-state index contributed by atoms with van der Waals surface area (Å²) in [6.45, 7) is 5.50. The topological polar surface area (TPSA) is 32.3 Å². The van der Waals surface area contributed by atoms with Gasteiger partial charge >= 0.3 is 6.03 Å². The van der Waals surface area contributed by atoms with Crippen molar-refractivity contribution in [1.29, 1.82) is 0 Å². The zero-order chi connectivity index (χ0) is 12.5. The van der Waals surface area contributed by atoms with Gasteiger partial charge in [0.1, 0.15) is 0 Å². The van der Waals surface area contributed by atoms with E-state index in [4.69, 9.17) is 0 Å². The lowest BCUT2D eigenvalue weighted by Gasteiger charge is -2.21. The monoisotopic (exact) mass is 252 g/mol. The summed E-state index contributed by atoms with van der Waals surface area (Å²) in [5.41, 5.74) is 0. The van der Waals surface area contributed by atoms with E-state index >= 15 is 0 Å². The first kappa shape index (κ1) is 13.9. The van der Waals surface area contributed by atoms with Crippen LogP contribution in [-0.4, -0.2) is 23.4 Å². The zero-order valence-electron chi connectivity index (χ0n) is 10.5. The third-order valence-electron chi connectivity index (χ3n) is 2.23. The summed E-state index contributed by atoms with van der Waals surface area (Å²) < 4.78 is 1.79. The Balaban J connectivity index is 2.59. The zero-order valence-corrected chi connectivity index (χ0v) is 11.3. The smallest absolute Gasteiger partial charge is 0.327 e. The Morgan fingerprint density at radius 3 is 2.59 bits per heavy atom. The fourth-order valence-electron chi connectivity index (χ4n) is 1.34. The van der Waals surface area contributed by atoms with Gasteiger partial charge in [-0.3, -0.25) is 4.31 Å². The predicted octanol–water partition coefficient (Wildman–Crippen LogP) is 3.53. The highest BCUT2D eigenvalue weighted by atomic mass is 32.2. The van der Waals surface area contributed by atoms with Gasteiger partial charge in [-0.1, -0.05) is 31.5 Å². The van der Waals surface area contributed by atoms with Gasteiger partial charge in [-0.25, -0.2) is 4.79 Å². The van der Waals surface area contributed by atoms with E-state index in [-0.39, 0.29) is 6.03 Å². The van der Waals surface area contributed by atoms with Gasteiger partial charge < -0.3 is 5.32 Å².